The van der Waals surface area contributed by atoms with Crippen LogP contribution in [0.25, 0.3) is 0 Å². The molecular formula is C26H32N2O4S. The van der Waals surface area contributed by atoms with Gasteiger partial charge in [0.25, 0.3) is 0 Å². The van der Waals surface area contributed by atoms with Gasteiger partial charge in [-0.25, -0.2) is 0 Å². The Labute approximate surface area is 200 Å². The molecule has 0 saturated heterocycles. The summed E-state index contributed by atoms with van der Waals surface area (Å²) in [5.74, 6) is 3.90. The molecule has 0 unspecified atom stereocenters. The van der Waals surface area contributed by atoms with Gasteiger partial charge >= 0.3 is 0 Å². The highest BCUT2D eigenvalue weighted by Crippen LogP contribution is 2.34. The Morgan fingerprint density at radius 3 is 2.88 bits per heavy atom. The van der Waals surface area contributed by atoms with Crippen LogP contribution in [0.5, 0.6) is 5.75 Å². The molecule has 0 spiro atoms. The van der Waals surface area contributed by atoms with Gasteiger partial charge in [-0.1, -0.05) is 24.1 Å². The predicted molar refractivity (Wildman–Crippen MR) is 129 cm³/mol. The number of benzene rings is 1. The van der Waals surface area contributed by atoms with E-state index in [-0.39, 0.29) is 31.7 Å². The van der Waals surface area contributed by atoms with Crippen molar-refractivity contribution in [3.8, 4) is 18.1 Å². The van der Waals surface area contributed by atoms with Crippen LogP contribution >= 0.6 is 11.3 Å². The molecule has 2 aliphatic rings. The highest BCUT2D eigenvalue weighted by molar-refractivity contribution is 7.10. The number of carbonyl (C=O) groups is 1. The Hall–Kier alpha value is -2.37. The maximum Gasteiger partial charge on any atom is 0.237 e. The second-order valence-corrected chi connectivity index (χ2v) is 9.79. The van der Waals surface area contributed by atoms with Crippen LogP contribution in [0, 0.1) is 18.3 Å². The van der Waals surface area contributed by atoms with E-state index in [1.807, 2.05) is 35.2 Å². The number of fused-ring (bicyclic) bond motifs is 1. The largest absolute Gasteiger partial charge is 0.491 e. The van der Waals surface area contributed by atoms with E-state index in [0.717, 1.165) is 18.7 Å². The number of para-hydroxylation sites is 1. The fraction of sp³-hybridized carbons (Fsp3) is 0.500. The predicted octanol–water partition coefficient (Wildman–Crippen LogP) is 2.98. The maximum atomic E-state index is 13.5. The Kier molecular flexibility index (Phi) is 8.40. The van der Waals surface area contributed by atoms with E-state index >= 15 is 0 Å². The lowest BCUT2D eigenvalue weighted by molar-refractivity contribution is -0.136. The quantitative estimate of drug-likeness (QED) is 0.383. The van der Waals surface area contributed by atoms with Crippen LogP contribution in [0.1, 0.15) is 29.3 Å². The molecule has 1 aromatic carbocycles. The smallest absolute Gasteiger partial charge is 0.237 e. The van der Waals surface area contributed by atoms with Crippen molar-refractivity contribution >= 4 is 17.2 Å². The third kappa shape index (κ3) is 6.81. The number of ether oxygens (including phenoxy) is 2. The van der Waals surface area contributed by atoms with Gasteiger partial charge in [-0.3, -0.25) is 9.69 Å². The molecule has 2 aromatic rings. The fourth-order valence-electron chi connectivity index (χ4n) is 4.32. The summed E-state index contributed by atoms with van der Waals surface area (Å²) in [5, 5.41) is 12.5. The highest BCUT2D eigenvalue weighted by Gasteiger charge is 2.34. The van der Waals surface area contributed by atoms with Crippen molar-refractivity contribution in [3.63, 3.8) is 0 Å². The van der Waals surface area contributed by atoms with Crippen LogP contribution in [0.4, 0.5) is 0 Å². The third-order valence-electron chi connectivity index (χ3n) is 6.10. The first-order valence-corrected chi connectivity index (χ1v) is 12.5. The van der Waals surface area contributed by atoms with E-state index in [1.165, 1.54) is 23.3 Å². The number of terminal acetylenes is 1. The minimum absolute atomic E-state index is 0.0749. The normalized spacial score (nSPS) is 18.6. The molecule has 2 heterocycles. The Morgan fingerprint density at radius 1 is 1.30 bits per heavy atom. The van der Waals surface area contributed by atoms with Gasteiger partial charge in [-0.2, -0.15) is 0 Å². The van der Waals surface area contributed by atoms with Gasteiger partial charge in [0.15, 0.2) is 0 Å². The molecule has 1 amide bonds. The van der Waals surface area contributed by atoms with E-state index < -0.39 is 6.10 Å². The van der Waals surface area contributed by atoms with Crippen molar-refractivity contribution in [3.05, 3.63) is 52.2 Å². The number of hydrogen-bond donors (Lipinski definition) is 1. The van der Waals surface area contributed by atoms with E-state index in [9.17, 15) is 9.90 Å². The summed E-state index contributed by atoms with van der Waals surface area (Å²) in [6, 6.07) is 11.7. The first-order chi connectivity index (χ1) is 16.1. The molecular weight excluding hydrogens is 436 g/mol. The number of rotatable bonds is 12. The summed E-state index contributed by atoms with van der Waals surface area (Å²) in [6.07, 6.45) is 7.77. The number of carbonyl (C=O) groups excluding carboxylic acids is 1. The van der Waals surface area contributed by atoms with Gasteiger partial charge in [0.05, 0.1) is 25.3 Å². The first-order valence-electron chi connectivity index (χ1n) is 11.6. The van der Waals surface area contributed by atoms with Gasteiger partial charge in [0.2, 0.25) is 5.91 Å². The molecule has 6 nitrogen and oxygen atoms in total. The molecule has 1 N–H and O–H groups in total. The molecule has 1 aliphatic carbocycles. The van der Waals surface area contributed by atoms with Crippen molar-refractivity contribution in [2.24, 2.45) is 5.92 Å². The van der Waals surface area contributed by atoms with Crippen LogP contribution in [0.3, 0.4) is 0 Å². The molecule has 0 radical (unpaired) electrons. The summed E-state index contributed by atoms with van der Waals surface area (Å²) in [5.41, 5.74) is 1.19. The van der Waals surface area contributed by atoms with Crippen LogP contribution < -0.4 is 4.74 Å². The van der Waals surface area contributed by atoms with Gasteiger partial charge in [-0.15, -0.1) is 17.8 Å². The lowest BCUT2D eigenvalue weighted by Crippen LogP contribution is -2.48. The number of nitrogens with zero attached hydrogens (tertiary/aromatic N) is 2. The Balaban J connectivity index is 1.41. The number of aliphatic hydroxyl groups is 1. The first kappa shape index (κ1) is 23.8. The molecule has 1 aliphatic heterocycles. The Morgan fingerprint density at radius 2 is 2.12 bits per heavy atom. The lowest BCUT2D eigenvalue weighted by atomic mass is 10.0. The second kappa shape index (κ2) is 11.7. The van der Waals surface area contributed by atoms with Crippen LogP contribution in [-0.2, 0) is 16.0 Å². The van der Waals surface area contributed by atoms with Crippen LogP contribution in [0.2, 0.25) is 0 Å². The average molecular weight is 469 g/mol. The van der Waals surface area contributed by atoms with Gasteiger partial charge in [-0.05, 0) is 54.3 Å². The number of aliphatic hydroxyl groups excluding tert-OH is 1. The maximum absolute atomic E-state index is 13.5. The van der Waals surface area contributed by atoms with Crippen molar-refractivity contribution in [1.82, 2.24) is 9.80 Å². The molecule has 176 valence electrons. The minimum atomic E-state index is -0.674. The fourth-order valence-corrected chi connectivity index (χ4v) is 5.25. The summed E-state index contributed by atoms with van der Waals surface area (Å²) in [7, 11) is 0. The van der Waals surface area contributed by atoms with Gasteiger partial charge in [0, 0.05) is 24.5 Å². The number of amides is 1. The monoisotopic (exact) mass is 468 g/mol. The molecule has 7 heteroatoms. The van der Waals surface area contributed by atoms with E-state index in [1.54, 1.807) is 11.3 Å². The van der Waals surface area contributed by atoms with Crippen molar-refractivity contribution < 1.29 is 19.4 Å². The van der Waals surface area contributed by atoms with Crippen molar-refractivity contribution in [2.45, 2.75) is 31.4 Å². The number of hydrogen-bond acceptors (Lipinski definition) is 6. The summed E-state index contributed by atoms with van der Waals surface area (Å²) < 4.78 is 11.4. The SMILES string of the molecule is C#CCOC[C@@H](O)CN(CC(=O)N1CCc2sccc2[C@@H]1COc1ccccc1)CC1CC1. The van der Waals surface area contributed by atoms with Crippen LogP contribution in [0.15, 0.2) is 41.8 Å². The minimum Gasteiger partial charge on any atom is -0.491 e. The number of thiophene rings is 1. The standard InChI is InChI=1S/C26H32N2O4S/c1-2-13-31-18-21(29)16-27(15-20-8-9-20)17-26(30)28-12-10-25-23(11-14-33-25)24(28)19-32-22-6-4-3-5-7-22/h1,3-7,11,14,20-21,24,29H,8-10,12-13,15-19H2/t21-,24-/m0/s1. The topological polar surface area (TPSA) is 62.2 Å². The zero-order valence-electron chi connectivity index (χ0n) is 18.9. The molecule has 2 atom stereocenters. The summed E-state index contributed by atoms with van der Waals surface area (Å²) in [4.78, 5) is 18.9. The third-order valence-corrected chi connectivity index (χ3v) is 7.10. The summed E-state index contributed by atoms with van der Waals surface area (Å²) in [6.45, 7) is 2.96. The second-order valence-electron chi connectivity index (χ2n) is 8.79. The van der Waals surface area contributed by atoms with E-state index in [0.29, 0.717) is 25.6 Å². The Bertz CT molecular complexity index is 937. The molecule has 0 bridgehead atoms. The van der Waals surface area contributed by atoms with Crippen LogP contribution in [-0.4, -0.2) is 72.9 Å². The molecule has 4 rings (SSSR count). The van der Waals surface area contributed by atoms with Crippen molar-refractivity contribution in [1.29, 1.82) is 0 Å². The summed E-state index contributed by atoms with van der Waals surface area (Å²) >= 11 is 1.75. The molecule has 1 fully saturated rings. The molecule has 1 aromatic heterocycles. The molecule has 1 saturated carbocycles. The zero-order valence-corrected chi connectivity index (χ0v) is 19.7. The zero-order chi connectivity index (χ0) is 23.0. The van der Waals surface area contributed by atoms with Crippen molar-refractivity contribution in [2.75, 3.05) is 46.0 Å². The average Bonchev–Trinajstić information content (AvgIpc) is 3.50. The lowest BCUT2D eigenvalue weighted by Gasteiger charge is -2.37. The van der Waals surface area contributed by atoms with Gasteiger partial charge < -0.3 is 19.5 Å². The van der Waals surface area contributed by atoms with E-state index in [4.69, 9.17) is 15.9 Å². The van der Waals surface area contributed by atoms with E-state index in [2.05, 4.69) is 22.3 Å². The molecule has 33 heavy (non-hydrogen) atoms. The highest BCUT2D eigenvalue weighted by atomic mass is 32.1. The van der Waals surface area contributed by atoms with Gasteiger partial charge in [0.1, 0.15) is 19.0 Å².